The first-order valence-electron chi connectivity index (χ1n) is 8.15. The van der Waals surface area contributed by atoms with E-state index in [1.54, 1.807) is 19.5 Å². The molecule has 1 rings (SSSR count). The molecule has 5 nitrogen and oxygen atoms in total. The zero-order valence-corrected chi connectivity index (χ0v) is 14.7. The summed E-state index contributed by atoms with van der Waals surface area (Å²) in [4.78, 5) is 12.9. The van der Waals surface area contributed by atoms with Crippen LogP contribution in [0.3, 0.4) is 0 Å². The Morgan fingerprint density at radius 2 is 2.17 bits per heavy atom. The maximum absolute atomic E-state index is 5.89. The Hall–Kier alpha value is -2.17. The van der Waals surface area contributed by atoms with E-state index in [9.17, 15) is 0 Å². The van der Waals surface area contributed by atoms with Crippen LogP contribution >= 0.6 is 0 Å². The van der Waals surface area contributed by atoms with Crippen LogP contribution < -0.4 is 5.32 Å². The number of aryl methyl sites for hydroxylation is 1. The minimum atomic E-state index is 0.391. The van der Waals surface area contributed by atoms with Crippen LogP contribution in [0.5, 0.6) is 0 Å². The van der Waals surface area contributed by atoms with Crippen molar-refractivity contribution in [2.75, 3.05) is 13.6 Å². The summed E-state index contributed by atoms with van der Waals surface area (Å²) in [5, 5.41) is 3.33. The van der Waals surface area contributed by atoms with E-state index in [1.165, 1.54) is 12.8 Å². The fraction of sp³-hybridized carbons (Fsp3) is 0.500. The number of allylic oxidation sites excluding steroid dienone is 1. The Bertz CT molecular complexity index is 550. The van der Waals surface area contributed by atoms with Gasteiger partial charge in [0, 0.05) is 25.5 Å². The summed E-state index contributed by atoms with van der Waals surface area (Å²) in [6.07, 6.45) is 6.93. The van der Waals surface area contributed by atoms with E-state index in [2.05, 4.69) is 27.2 Å². The lowest BCUT2D eigenvalue weighted by atomic mass is 10.2. The van der Waals surface area contributed by atoms with Gasteiger partial charge >= 0.3 is 0 Å². The van der Waals surface area contributed by atoms with Gasteiger partial charge in [-0.05, 0) is 32.4 Å². The van der Waals surface area contributed by atoms with E-state index in [4.69, 9.17) is 4.74 Å². The third kappa shape index (κ3) is 7.58. The Morgan fingerprint density at radius 3 is 2.83 bits per heavy atom. The van der Waals surface area contributed by atoms with Crippen molar-refractivity contribution in [2.24, 2.45) is 9.98 Å². The molecule has 0 saturated heterocycles. The van der Waals surface area contributed by atoms with E-state index >= 15 is 0 Å². The third-order valence-corrected chi connectivity index (χ3v) is 3.13. The van der Waals surface area contributed by atoms with Gasteiger partial charge in [-0.2, -0.15) is 0 Å². The lowest BCUT2D eigenvalue weighted by Gasteiger charge is -2.12. The van der Waals surface area contributed by atoms with Crippen molar-refractivity contribution in [1.29, 1.82) is 0 Å². The number of hydrogen-bond donors (Lipinski definition) is 1. The molecule has 0 unspecified atom stereocenters. The first-order valence-corrected chi connectivity index (χ1v) is 8.15. The molecule has 0 bridgehead atoms. The third-order valence-electron chi connectivity index (χ3n) is 3.13. The average molecular weight is 316 g/mol. The number of aromatic nitrogens is 1. The van der Waals surface area contributed by atoms with Crippen LogP contribution in [0.1, 0.15) is 44.5 Å². The number of pyridine rings is 1. The molecule has 0 saturated carbocycles. The number of hydrogen-bond acceptors (Lipinski definition) is 5. The summed E-state index contributed by atoms with van der Waals surface area (Å²) in [6.45, 7) is 7.30. The van der Waals surface area contributed by atoms with Crippen molar-refractivity contribution in [3.63, 3.8) is 0 Å². The molecule has 0 fully saturated rings. The number of ether oxygens (including phenoxy) is 1. The molecular formula is C18H28N4O. The van der Waals surface area contributed by atoms with Gasteiger partial charge in [0.05, 0.1) is 11.9 Å². The molecule has 23 heavy (non-hydrogen) atoms. The second kappa shape index (κ2) is 11.4. The summed E-state index contributed by atoms with van der Waals surface area (Å²) >= 11 is 0. The normalized spacial score (nSPS) is 12.7. The average Bonchev–Trinajstić information content (AvgIpc) is 2.54. The van der Waals surface area contributed by atoms with Crippen LogP contribution in [0.2, 0.25) is 0 Å². The smallest absolute Gasteiger partial charge is 0.179 e. The molecule has 0 aliphatic carbocycles. The van der Waals surface area contributed by atoms with Crippen molar-refractivity contribution < 1.29 is 4.74 Å². The summed E-state index contributed by atoms with van der Waals surface area (Å²) in [5.74, 6) is 1.34. The highest BCUT2D eigenvalue weighted by molar-refractivity contribution is 5.77. The zero-order chi connectivity index (χ0) is 16.9. The Kier molecular flexibility index (Phi) is 9.36. The van der Waals surface area contributed by atoms with Gasteiger partial charge in [0.2, 0.25) is 0 Å². The van der Waals surface area contributed by atoms with E-state index in [-0.39, 0.29) is 0 Å². The molecule has 1 aromatic rings. The van der Waals surface area contributed by atoms with Gasteiger partial charge in [0.1, 0.15) is 6.61 Å². The highest BCUT2D eigenvalue weighted by Crippen LogP contribution is 2.08. The van der Waals surface area contributed by atoms with Crippen molar-refractivity contribution in [2.45, 2.75) is 46.6 Å². The van der Waals surface area contributed by atoms with Crippen molar-refractivity contribution >= 4 is 12.4 Å². The monoisotopic (exact) mass is 316 g/mol. The molecule has 0 aromatic carbocycles. The molecule has 1 heterocycles. The molecule has 0 atom stereocenters. The maximum atomic E-state index is 5.89. The van der Waals surface area contributed by atoms with Crippen LogP contribution in [0.4, 0.5) is 0 Å². The first-order chi connectivity index (χ1) is 11.2. The van der Waals surface area contributed by atoms with Crippen molar-refractivity contribution in [1.82, 2.24) is 10.3 Å². The topological polar surface area (TPSA) is 58.9 Å². The molecule has 0 aliphatic heterocycles. The van der Waals surface area contributed by atoms with E-state index in [0.29, 0.717) is 18.2 Å². The predicted octanol–water partition coefficient (Wildman–Crippen LogP) is 3.65. The summed E-state index contributed by atoms with van der Waals surface area (Å²) in [7, 11) is 1.72. The van der Waals surface area contributed by atoms with Crippen molar-refractivity contribution in [3.05, 3.63) is 41.2 Å². The molecular weight excluding hydrogens is 288 g/mol. The summed E-state index contributed by atoms with van der Waals surface area (Å²) < 4.78 is 5.89. The number of unbranched alkanes of at least 4 members (excludes halogenated alkanes) is 2. The Morgan fingerprint density at radius 1 is 1.35 bits per heavy atom. The van der Waals surface area contributed by atoms with Gasteiger partial charge in [0.25, 0.3) is 0 Å². The van der Waals surface area contributed by atoms with E-state index < -0.39 is 0 Å². The standard InChI is InChI=1S/C18H28N4O/c1-5-7-8-12-21-18(20-6-2)17(13-19-4)23-14-16-11-9-10-15(3)22-16/h6,9-11,13,21H,5,7-8,12,14H2,1-4H3/b18-17-,19-13-,20-6+. The van der Waals surface area contributed by atoms with Crippen LogP contribution in [-0.2, 0) is 11.3 Å². The molecule has 1 aromatic heterocycles. The van der Waals surface area contributed by atoms with Crippen LogP contribution in [0.15, 0.2) is 39.8 Å². The van der Waals surface area contributed by atoms with Crippen LogP contribution in [0, 0.1) is 6.92 Å². The number of nitrogens with zero attached hydrogens (tertiary/aromatic N) is 3. The molecule has 126 valence electrons. The molecule has 0 aliphatic rings. The largest absolute Gasteiger partial charge is 0.482 e. The quantitative estimate of drug-likeness (QED) is 0.407. The SMILES string of the molecule is C/C=N/C(NCCCCC)=C(\C=N/C)OCc1cccc(C)n1. The minimum absolute atomic E-state index is 0.391. The number of nitrogens with one attached hydrogen (secondary N) is 1. The predicted molar refractivity (Wildman–Crippen MR) is 96.9 cm³/mol. The van der Waals surface area contributed by atoms with Gasteiger partial charge in [0.15, 0.2) is 11.6 Å². The second-order valence-electron chi connectivity index (χ2n) is 5.18. The minimum Gasteiger partial charge on any atom is -0.482 e. The van der Waals surface area contributed by atoms with E-state index in [1.807, 2.05) is 32.0 Å². The van der Waals surface area contributed by atoms with Gasteiger partial charge in [-0.15, -0.1) is 0 Å². The Balaban J connectivity index is 2.80. The van der Waals surface area contributed by atoms with Crippen molar-refractivity contribution in [3.8, 4) is 0 Å². The van der Waals surface area contributed by atoms with Gasteiger partial charge in [-0.1, -0.05) is 25.8 Å². The molecule has 0 spiro atoms. The fourth-order valence-corrected chi connectivity index (χ4v) is 2.02. The zero-order valence-electron chi connectivity index (χ0n) is 14.7. The van der Waals surface area contributed by atoms with Gasteiger partial charge < -0.3 is 10.1 Å². The summed E-state index contributed by atoms with van der Waals surface area (Å²) in [6, 6.07) is 5.90. The molecule has 1 N–H and O–H groups in total. The maximum Gasteiger partial charge on any atom is 0.179 e. The van der Waals surface area contributed by atoms with Crippen LogP contribution in [0.25, 0.3) is 0 Å². The summed E-state index contributed by atoms with van der Waals surface area (Å²) in [5.41, 5.74) is 1.86. The Labute approximate surface area is 139 Å². The highest BCUT2D eigenvalue weighted by atomic mass is 16.5. The fourth-order valence-electron chi connectivity index (χ4n) is 2.02. The molecule has 0 radical (unpaired) electrons. The van der Waals surface area contributed by atoms with Gasteiger partial charge in [-0.3, -0.25) is 9.98 Å². The number of aliphatic imine (C=N–C) groups is 2. The first kappa shape index (κ1) is 18.9. The second-order valence-corrected chi connectivity index (χ2v) is 5.18. The lowest BCUT2D eigenvalue weighted by molar-refractivity contribution is 0.210. The molecule has 5 heteroatoms. The van der Waals surface area contributed by atoms with Gasteiger partial charge in [-0.25, -0.2) is 4.99 Å². The van der Waals surface area contributed by atoms with Crippen LogP contribution in [-0.4, -0.2) is 31.0 Å². The molecule has 0 amide bonds. The highest BCUT2D eigenvalue weighted by Gasteiger charge is 2.06. The number of rotatable bonds is 10. The lowest BCUT2D eigenvalue weighted by Crippen LogP contribution is -2.17. The van der Waals surface area contributed by atoms with E-state index in [0.717, 1.165) is 24.4 Å².